The summed E-state index contributed by atoms with van der Waals surface area (Å²) in [6, 6.07) is 28.4. The van der Waals surface area contributed by atoms with Crippen LogP contribution in [0.2, 0.25) is 0 Å². The van der Waals surface area contributed by atoms with E-state index in [9.17, 15) is 4.79 Å². The van der Waals surface area contributed by atoms with Gasteiger partial charge in [0.05, 0.1) is 6.10 Å². The Morgan fingerprint density at radius 1 is 0.774 bits per heavy atom. The molecule has 0 saturated heterocycles. The largest absolute Gasteiger partial charge is 0.490 e. The van der Waals surface area contributed by atoms with Crippen molar-refractivity contribution in [3.63, 3.8) is 0 Å². The fourth-order valence-electron chi connectivity index (χ4n) is 4.06. The summed E-state index contributed by atoms with van der Waals surface area (Å²) in [6.07, 6.45) is 6.67. The second kappa shape index (κ2) is 10.1. The van der Waals surface area contributed by atoms with Gasteiger partial charge in [-0.05, 0) is 84.5 Å². The molecule has 3 aromatic rings. The third kappa shape index (κ3) is 4.80. The molecular formula is C27H30O3S. The van der Waals surface area contributed by atoms with Crippen molar-refractivity contribution in [3.8, 4) is 5.75 Å². The Labute approximate surface area is 186 Å². The molecule has 0 radical (unpaired) electrons. The molecule has 0 aromatic heterocycles. The van der Waals surface area contributed by atoms with Crippen LogP contribution in [0.15, 0.2) is 99.6 Å². The zero-order chi connectivity index (χ0) is 21.5. The lowest BCUT2D eigenvalue weighted by molar-refractivity contribution is -0.133. The molecule has 162 valence electrons. The first-order valence-electron chi connectivity index (χ1n) is 11.1. The van der Waals surface area contributed by atoms with Gasteiger partial charge in [0.25, 0.3) is 0 Å². The van der Waals surface area contributed by atoms with Gasteiger partial charge in [0.2, 0.25) is 0 Å². The van der Waals surface area contributed by atoms with E-state index in [-0.39, 0.29) is 5.97 Å². The molecule has 0 heterocycles. The van der Waals surface area contributed by atoms with Gasteiger partial charge in [-0.3, -0.25) is 4.79 Å². The zero-order valence-corrected chi connectivity index (χ0v) is 18.9. The molecule has 0 spiro atoms. The maximum Gasteiger partial charge on any atom is 0.316 e. The van der Waals surface area contributed by atoms with Gasteiger partial charge in [0.1, 0.15) is 5.75 Å². The highest BCUT2D eigenvalue weighted by molar-refractivity contribution is 8.30. The molecule has 1 aliphatic carbocycles. The monoisotopic (exact) mass is 434 g/mol. The normalized spacial score (nSPS) is 15.3. The fourth-order valence-corrected chi connectivity index (χ4v) is 7.16. The molecule has 4 heteroatoms. The summed E-state index contributed by atoms with van der Waals surface area (Å²) in [7, 11) is -2.20. The standard InChI is InChI=1S/C27H30O3S/c1-2-27(28)30-31(24-14-8-4-9-15-24,25-16-10-5-11-17-25)26-20-18-23(19-21-26)29-22-12-6-3-7-13-22/h4-5,8-11,14-22H,2-3,6-7,12-13H2,1H3. The number of carbonyl (C=O) groups excluding carboxylic acids is 1. The van der Waals surface area contributed by atoms with Crippen molar-refractivity contribution in [2.24, 2.45) is 0 Å². The van der Waals surface area contributed by atoms with Crippen molar-refractivity contribution in [1.29, 1.82) is 0 Å². The van der Waals surface area contributed by atoms with Crippen LogP contribution in [0.3, 0.4) is 0 Å². The predicted molar refractivity (Wildman–Crippen MR) is 126 cm³/mol. The van der Waals surface area contributed by atoms with Crippen LogP contribution < -0.4 is 4.74 Å². The van der Waals surface area contributed by atoms with Crippen molar-refractivity contribution in [2.45, 2.75) is 66.2 Å². The number of ether oxygens (including phenoxy) is 1. The van der Waals surface area contributed by atoms with Gasteiger partial charge in [0, 0.05) is 21.1 Å². The Hall–Kier alpha value is -2.72. The first-order chi connectivity index (χ1) is 15.2. The van der Waals surface area contributed by atoms with Crippen molar-refractivity contribution in [2.75, 3.05) is 0 Å². The summed E-state index contributed by atoms with van der Waals surface area (Å²) in [5, 5.41) is 0. The molecule has 0 atom stereocenters. The first kappa shape index (κ1) is 21.5. The molecule has 3 nitrogen and oxygen atoms in total. The number of rotatable bonds is 7. The highest BCUT2D eigenvalue weighted by atomic mass is 32.3. The SMILES string of the molecule is CCC(=O)OS(c1ccccc1)(c1ccccc1)c1ccc(OC2CCCCC2)cc1. The fraction of sp³-hybridized carbons (Fsp3) is 0.296. The maximum atomic E-state index is 12.7. The van der Waals surface area contributed by atoms with E-state index in [1.165, 1.54) is 19.3 Å². The van der Waals surface area contributed by atoms with Crippen molar-refractivity contribution >= 4 is 16.3 Å². The second-order valence-corrected chi connectivity index (χ2v) is 10.5. The quantitative estimate of drug-likeness (QED) is 0.385. The molecular weight excluding hydrogens is 404 g/mol. The Kier molecular flexibility index (Phi) is 6.98. The van der Waals surface area contributed by atoms with Gasteiger partial charge in [0.15, 0.2) is 0 Å². The van der Waals surface area contributed by atoms with Crippen LogP contribution in [0.1, 0.15) is 45.4 Å². The molecule has 1 saturated carbocycles. The predicted octanol–water partition coefficient (Wildman–Crippen LogP) is 7.55. The number of hydrogen-bond acceptors (Lipinski definition) is 3. The number of carbonyl (C=O) groups is 1. The lowest BCUT2D eigenvalue weighted by Crippen LogP contribution is -2.19. The van der Waals surface area contributed by atoms with Crippen molar-refractivity contribution < 1.29 is 13.7 Å². The Morgan fingerprint density at radius 2 is 1.29 bits per heavy atom. The summed E-state index contributed by atoms with van der Waals surface area (Å²) >= 11 is 0. The van der Waals surface area contributed by atoms with E-state index in [1.807, 2.05) is 55.5 Å². The van der Waals surface area contributed by atoms with E-state index in [0.717, 1.165) is 33.3 Å². The van der Waals surface area contributed by atoms with E-state index in [2.05, 4.69) is 36.4 Å². The van der Waals surface area contributed by atoms with E-state index >= 15 is 0 Å². The number of hydrogen-bond donors (Lipinski definition) is 0. The Bertz CT molecular complexity index is 925. The summed E-state index contributed by atoms with van der Waals surface area (Å²) in [5.74, 6) is 0.678. The first-order valence-corrected chi connectivity index (χ1v) is 12.7. The van der Waals surface area contributed by atoms with Gasteiger partial charge in [-0.1, -0.05) is 49.7 Å². The number of benzene rings is 3. The Morgan fingerprint density at radius 3 is 1.81 bits per heavy atom. The summed E-state index contributed by atoms with van der Waals surface area (Å²) in [5.41, 5.74) is 0. The molecule has 0 N–H and O–H groups in total. The third-order valence-electron chi connectivity index (χ3n) is 5.67. The van der Waals surface area contributed by atoms with Gasteiger partial charge < -0.3 is 8.92 Å². The van der Waals surface area contributed by atoms with Crippen LogP contribution in [-0.2, 0) is 8.98 Å². The molecule has 3 aromatic carbocycles. The van der Waals surface area contributed by atoms with Crippen molar-refractivity contribution in [1.82, 2.24) is 0 Å². The van der Waals surface area contributed by atoms with Crippen LogP contribution in [0, 0.1) is 0 Å². The van der Waals surface area contributed by atoms with Crippen LogP contribution in [0.25, 0.3) is 0 Å². The molecule has 31 heavy (non-hydrogen) atoms. The van der Waals surface area contributed by atoms with E-state index in [1.54, 1.807) is 0 Å². The molecule has 0 amide bonds. The highest BCUT2D eigenvalue weighted by Crippen LogP contribution is 2.69. The minimum atomic E-state index is -2.20. The molecule has 4 rings (SSSR count). The maximum absolute atomic E-state index is 12.7. The van der Waals surface area contributed by atoms with Crippen LogP contribution >= 0.6 is 10.3 Å². The average Bonchev–Trinajstić information content (AvgIpc) is 2.85. The van der Waals surface area contributed by atoms with Gasteiger partial charge in [-0.15, -0.1) is 0 Å². The van der Waals surface area contributed by atoms with Crippen LogP contribution in [0.5, 0.6) is 5.75 Å². The van der Waals surface area contributed by atoms with E-state index in [0.29, 0.717) is 12.5 Å². The zero-order valence-electron chi connectivity index (χ0n) is 18.0. The minimum Gasteiger partial charge on any atom is -0.490 e. The lowest BCUT2D eigenvalue weighted by atomic mass is 9.98. The lowest BCUT2D eigenvalue weighted by Gasteiger charge is -2.39. The Balaban J connectivity index is 1.77. The second-order valence-electron chi connectivity index (χ2n) is 7.84. The molecule has 1 aliphatic rings. The van der Waals surface area contributed by atoms with Crippen LogP contribution in [-0.4, -0.2) is 12.1 Å². The molecule has 0 bridgehead atoms. The van der Waals surface area contributed by atoms with Gasteiger partial charge >= 0.3 is 5.97 Å². The third-order valence-corrected chi connectivity index (χ3v) is 8.91. The van der Waals surface area contributed by atoms with Crippen molar-refractivity contribution in [3.05, 3.63) is 84.9 Å². The van der Waals surface area contributed by atoms with Crippen LogP contribution in [0.4, 0.5) is 0 Å². The summed E-state index contributed by atoms with van der Waals surface area (Å²) < 4.78 is 12.6. The van der Waals surface area contributed by atoms with Gasteiger partial charge in [-0.2, -0.15) is 0 Å². The van der Waals surface area contributed by atoms with Gasteiger partial charge in [-0.25, -0.2) is 0 Å². The molecule has 0 aliphatic heterocycles. The smallest absolute Gasteiger partial charge is 0.316 e. The molecule has 1 fully saturated rings. The highest BCUT2D eigenvalue weighted by Gasteiger charge is 2.35. The average molecular weight is 435 g/mol. The van der Waals surface area contributed by atoms with E-state index in [4.69, 9.17) is 8.92 Å². The topological polar surface area (TPSA) is 35.5 Å². The van der Waals surface area contributed by atoms with E-state index < -0.39 is 10.3 Å². The summed E-state index contributed by atoms with van der Waals surface area (Å²) in [6.45, 7) is 1.84. The minimum absolute atomic E-state index is 0.203. The molecule has 0 unspecified atom stereocenters. The summed E-state index contributed by atoms with van der Waals surface area (Å²) in [4.78, 5) is 15.6.